The second kappa shape index (κ2) is 10.3. The van der Waals surface area contributed by atoms with Gasteiger partial charge < -0.3 is 20.1 Å². The fourth-order valence-electron chi connectivity index (χ4n) is 2.90. The monoisotopic (exact) mass is 430 g/mol. The van der Waals surface area contributed by atoms with E-state index in [1.165, 1.54) is 0 Å². The molecule has 6 nitrogen and oxygen atoms in total. The fourth-order valence-corrected chi connectivity index (χ4v) is 3.16. The number of benzene rings is 2. The normalized spacial score (nSPS) is 12.9. The highest BCUT2D eigenvalue weighted by Crippen LogP contribution is 2.37. The molecule has 3 rings (SSSR count). The minimum atomic E-state index is -0.385. The van der Waals surface area contributed by atoms with Crippen LogP contribution in [0.5, 0.6) is 11.5 Å². The van der Waals surface area contributed by atoms with Crippen LogP contribution >= 0.6 is 11.6 Å². The van der Waals surface area contributed by atoms with Crippen LogP contribution in [0.2, 0.25) is 5.02 Å². The SMILES string of the molecule is CCCCOc1c(Cl)cc(C(=O)Nc2ccccc2C(=O)NC2CC2)cc1OCC. The number of carbonyl (C=O) groups excluding carboxylic acids is 2. The maximum atomic E-state index is 12.9. The van der Waals surface area contributed by atoms with Crippen LogP contribution in [0.4, 0.5) is 5.69 Å². The molecule has 7 heteroatoms. The Labute approximate surface area is 181 Å². The standard InChI is InChI=1S/C23H27ClN2O4/c1-3-5-12-30-21-18(24)13-15(14-20(21)29-4-2)22(27)26-19-9-7-6-8-17(19)23(28)25-16-10-11-16/h6-9,13-14,16H,3-5,10-12H2,1-2H3,(H,25,28)(H,26,27). The minimum absolute atomic E-state index is 0.193. The van der Waals surface area contributed by atoms with Crippen molar-refractivity contribution in [1.82, 2.24) is 5.32 Å². The number of unbranched alkanes of at least 4 members (excludes halogenated alkanes) is 1. The van der Waals surface area contributed by atoms with Gasteiger partial charge in [0, 0.05) is 11.6 Å². The predicted molar refractivity (Wildman–Crippen MR) is 118 cm³/mol. The maximum Gasteiger partial charge on any atom is 0.255 e. The Kier molecular flexibility index (Phi) is 7.57. The van der Waals surface area contributed by atoms with Crippen LogP contribution in [0.1, 0.15) is 60.2 Å². The van der Waals surface area contributed by atoms with E-state index in [0.717, 1.165) is 25.7 Å². The topological polar surface area (TPSA) is 76.7 Å². The molecule has 160 valence electrons. The predicted octanol–water partition coefficient (Wildman–Crippen LogP) is 5.06. The molecule has 0 radical (unpaired) electrons. The van der Waals surface area contributed by atoms with Crippen molar-refractivity contribution >= 4 is 29.1 Å². The summed E-state index contributed by atoms with van der Waals surface area (Å²) >= 11 is 6.39. The van der Waals surface area contributed by atoms with Crippen LogP contribution in [-0.2, 0) is 0 Å². The van der Waals surface area contributed by atoms with Gasteiger partial charge in [-0.1, -0.05) is 37.1 Å². The summed E-state index contributed by atoms with van der Waals surface area (Å²) in [5, 5.41) is 6.06. The molecule has 0 aliphatic heterocycles. The quantitative estimate of drug-likeness (QED) is 0.516. The van der Waals surface area contributed by atoms with Gasteiger partial charge in [0.15, 0.2) is 11.5 Å². The molecular formula is C23H27ClN2O4. The molecule has 1 aliphatic carbocycles. The third-order valence-corrected chi connectivity index (χ3v) is 4.93. The van der Waals surface area contributed by atoms with Crippen molar-refractivity contribution in [3.8, 4) is 11.5 Å². The average molecular weight is 431 g/mol. The van der Waals surface area contributed by atoms with Crippen molar-refractivity contribution in [1.29, 1.82) is 0 Å². The summed E-state index contributed by atoms with van der Waals surface area (Å²) in [6, 6.07) is 10.3. The molecule has 2 aromatic carbocycles. The summed E-state index contributed by atoms with van der Waals surface area (Å²) in [7, 11) is 0. The number of ether oxygens (including phenoxy) is 2. The minimum Gasteiger partial charge on any atom is -0.490 e. The molecule has 0 spiro atoms. The van der Waals surface area contributed by atoms with Crippen LogP contribution in [0.25, 0.3) is 0 Å². The largest absolute Gasteiger partial charge is 0.490 e. The molecule has 2 aromatic rings. The van der Waals surface area contributed by atoms with E-state index in [-0.39, 0.29) is 17.9 Å². The highest BCUT2D eigenvalue weighted by atomic mass is 35.5. The van der Waals surface area contributed by atoms with E-state index in [9.17, 15) is 9.59 Å². The summed E-state index contributed by atoms with van der Waals surface area (Å²) < 4.78 is 11.4. The van der Waals surface area contributed by atoms with Gasteiger partial charge in [0.2, 0.25) is 0 Å². The van der Waals surface area contributed by atoms with Gasteiger partial charge in [0.05, 0.1) is 29.5 Å². The molecule has 0 saturated heterocycles. The molecule has 0 bridgehead atoms. The molecule has 0 aromatic heterocycles. The molecular weight excluding hydrogens is 404 g/mol. The lowest BCUT2D eigenvalue weighted by Crippen LogP contribution is -2.27. The highest BCUT2D eigenvalue weighted by Gasteiger charge is 2.25. The summed E-state index contributed by atoms with van der Waals surface area (Å²) in [6.07, 6.45) is 3.87. The van der Waals surface area contributed by atoms with Crippen LogP contribution in [0.15, 0.2) is 36.4 Å². The van der Waals surface area contributed by atoms with Crippen molar-refractivity contribution in [3.63, 3.8) is 0 Å². The number of para-hydroxylation sites is 1. The third-order valence-electron chi connectivity index (χ3n) is 4.65. The Bertz CT molecular complexity index is 912. The molecule has 0 unspecified atom stereocenters. The van der Waals surface area contributed by atoms with Crippen LogP contribution < -0.4 is 20.1 Å². The zero-order valence-electron chi connectivity index (χ0n) is 17.3. The van der Waals surface area contributed by atoms with Crippen LogP contribution in [0.3, 0.4) is 0 Å². The van der Waals surface area contributed by atoms with Crippen molar-refractivity contribution in [2.45, 2.75) is 45.6 Å². The second-order valence-electron chi connectivity index (χ2n) is 7.17. The lowest BCUT2D eigenvalue weighted by molar-refractivity contribution is 0.0952. The van der Waals surface area contributed by atoms with E-state index in [0.29, 0.717) is 46.5 Å². The Morgan fingerprint density at radius 2 is 1.87 bits per heavy atom. The first-order valence-electron chi connectivity index (χ1n) is 10.3. The highest BCUT2D eigenvalue weighted by molar-refractivity contribution is 6.32. The first-order valence-corrected chi connectivity index (χ1v) is 10.7. The molecule has 2 N–H and O–H groups in total. The van der Waals surface area contributed by atoms with Gasteiger partial charge >= 0.3 is 0 Å². The van der Waals surface area contributed by atoms with E-state index >= 15 is 0 Å². The lowest BCUT2D eigenvalue weighted by atomic mass is 10.1. The van der Waals surface area contributed by atoms with E-state index in [2.05, 4.69) is 17.6 Å². The van der Waals surface area contributed by atoms with Crippen molar-refractivity contribution in [3.05, 3.63) is 52.5 Å². The molecule has 2 amide bonds. The Morgan fingerprint density at radius 1 is 1.10 bits per heavy atom. The zero-order chi connectivity index (χ0) is 21.5. The van der Waals surface area contributed by atoms with Gasteiger partial charge in [-0.3, -0.25) is 9.59 Å². The molecule has 1 saturated carbocycles. The van der Waals surface area contributed by atoms with E-state index in [1.54, 1.807) is 36.4 Å². The smallest absolute Gasteiger partial charge is 0.255 e. The first kappa shape index (κ1) is 22.0. The zero-order valence-corrected chi connectivity index (χ0v) is 18.1. The molecule has 0 heterocycles. The maximum absolute atomic E-state index is 12.9. The van der Waals surface area contributed by atoms with Gasteiger partial charge in [-0.05, 0) is 50.5 Å². The van der Waals surface area contributed by atoms with E-state index in [4.69, 9.17) is 21.1 Å². The fraction of sp³-hybridized carbons (Fsp3) is 0.391. The van der Waals surface area contributed by atoms with Gasteiger partial charge in [-0.2, -0.15) is 0 Å². The number of hydrogen-bond donors (Lipinski definition) is 2. The summed E-state index contributed by atoms with van der Waals surface area (Å²) in [5.74, 6) is 0.282. The number of halogens is 1. The van der Waals surface area contributed by atoms with Crippen molar-refractivity contribution in [2.24, 2.45) is 0 Å². The lowest BCUT2D eigenvalue weighted by Gasteiger charge is -2.16. The summed E-state index contributed by atoms with van der Waals surface area (Å²) in [4.78, 5) is 25.4. The summed E-state index contributed by atoms with van der Waals surface area (Å²) in [5.41, 5.74) is 1.19. The Hall–Kier alpha value is -2.73. The number of carbonyl (C=O) groups is 2. The molecule has 1 aliphatic rings. The van der Waals surface area contributed by atoms with Crippen molar-refractivity contribution in [2.75, 3.05) is 18.5 Å². The van der Waals surface area contributed by atoms with Crippen molar-refractivity contribution < 1.29 is 19.1 Å². The van der Waals surface area contributed by atoms with Gasteiger partial charge in [-0.25, -0.2) is 0 Å². The van der Waals surface area contributed by atoms with Crippen LogP contribution in [-0.4, -0.2) is 31.1 Å². The molecule has 1 fully saturated rings. The molecule has 0 atom stereocenters. The van der Waals surface area contributed by atoms with E-state index < -0.39 is 0 Å². The average Bonchev–Trinajstić information content (AvgIpc) is 3.54. The Balaban J connectivity index is 1.80. The molecule has 30 heavy (non-hydrogen) atoms. The Morgan fingerprint density at radius 3 is 2.57 bits per heavy atom. The van der Waals surface area contributed by atoms with E-state index in [1.807, 2.05) is 6.92 Å². The summed E-state index contributed by atoms with van der Waals surface area (Å²) in [6.45, 7) is 4.86. The number of amides is 2. The third kappa shape index (κ3) is 5.66. The number of nitrogens with one attached hydrogen (secondary N) is 2. The van der Waals surface area contributed by atoms with Gasteiger partial charge in [-0.15, -0.1) is 0 Å². The van der Waals surface area contributed by atoms with Gasteiger partial charge in [0.1, 0.15) is 0 Å². The van der Waals surface area contributed by atoms with Crippen LogP contribution in [0, 0.1) is 0 Å². The number of rotatable bonds is 10. The number of hydrogen-bond acceptors (Lipinski definition) is 4. The first-order chi connectivity index (χ1) is 14.5. The number of anilines is 1. The van der Waals surface area contributed by atoms with Gasteiger partial charge in [0.25, 0.3) is 11.8 Å². The second-order valence-corrected chi connectivity index (χ2v) is 7.58.